The van der Waals surface area contributed by atoms with Crippen LogP contribution in [0.4, 0.5) is 8.78 Å². The Balaban J connectivity index is 1.86. The van der Waals surface area contributed by atoms with Crippen LogP contribution in [0.25, 0.3) is 0 Å². The lowest BCUT2D eigenvalue weighted by atomic mass is 9.96. The molecule has 1 aliphatic heterocycles. The highest BCUT2D eigenvalue weighted by molar-refractivity contribution is 6.31. The smallest absolute Gasteiger partial charge is 0.261 e. The average Bonchev–Trinajstić information content (AvgIpc) is 2.88. The van der Waals surface area contributed by atoms with Crippen LogP contribution >= 0.6 is 0 Å². The maximum absolute atomic E-state index is 14.9. The summed E-state index contributed by atoms with van der Waals surface area (Å²) in [7, 11) is 0.101. The van der Waals surface area contributed by atoms with E-state index in [2.05, 4.69) is 0 Å². The van der Waals surface area contributed by atoms with Crippen molar-refractivity contribution in [2.24, 2.45) is 0 Å². The zero-order valence-electron chi connectivity index (χ0n) is 17.1. The molecule has 0 spiro atoms. The number of halogens is 2. The molecule has 0 aromatic heterocycles. The summed E-state index contributed by atoms with van der Waals surface area (Å²) in [6.07, 6.45) is 0. The summed E-state index contributed by atoms with van der Waals surface area (Å²) in [5.41, 5.74) is -0.446. The summed E-state index contributed by atoms with van der Waals surface area (Å²) in [5.74, 6) is -3.12. The molecule has 0 unspecified atom stereocenters. The Morgan fingerprint density at radius 2 is 1.45 bits per heavy atom. The molecule has 0 aliphatic carbocycles. The molecule has 4 nitrogen and oxygen atoms in total. The lowest BCUT2D eigenvalue weighted by molar-refractivity contribution is 0.0639. The third kappa shape index (κ3) is 4.16. The largest absolute Gasteiger partial charge is 0.408 e. The predicted molar refractivity (Wildman–Crippen MR) is 107 cm³/mol. The monoisotopic (exact) mass is 415 g/mol. The Bertz CT molecular complexity index is 948. The maximum atomic E-state index is 14.9. The van der Waals surface area contributed by atoms with E-state index < -0.39 is 29.0 Å². The molecule has 0 saturated carbocycles. The van der Waals surface area contributed by atoms with E-state index in [0.717, 1.165) is 4.90 Å². The molecule has 2 amide bonds. The molecule has 0 N–H and O–H groups in total. The molecule has 152 valence electrons. The molecule has 2 aromatic carbocycles. The number of hydrogen-bond donors (Lipinski definition) is 0. The number of carbonyl (C=O) groups excluding carboxylic acids is 2. The van der Waals surface area contributed by atoms with Crippen molar-refractivity contribution in [3.05, 3.63) is 70.3 Å². The zero-order valence-corrected chi connectivity index (χ0v) is 18.1. The van der Waals surface area contributed by atoms with E-state index in [-0.39, 0.29) is 43.6 Å². The molecule has 7 heteroatoms. The van der Waals surface area contributed by atoms with Gasteiger partial charge in [0.1, 0.15) is 0 Å². The molecule has 0 saturated heterocycles. The van der Waals surface area contributed by atoms with Crippen LogP contribution in [0.2, 0.25) is 5.04 Å². The van der Waals surface area contributed by atoms with Crippen molar-refractivity contribution < 1.29 is 22.8 Å². The van der Waals surface area contributed by atoms with Crippen molar-refractivity contribution in [3.63, 3.8) is 0 Å². The van der Waals surface area contributed by atoms with Crippen LogP contribution < -0.4 is 0 Å². The molecule has 3 rings (SSSR count). The molecule has 0 bridgehead atoms. The van der Waals surface area contributed by atoms with Crippen molar-refractivity contribution in [3.8, 4) is 0 Å². The van der Waals surface area contributed by atoms with E-state index in [1.54, 1.807) is 38.1 Å². The quantitative estimate of drug-likeness (QED) is 0.518. The number of benzene rings is 2. The molecular formula is C22H23F2NO3Si. The molecule has 2 radical (unpaired) electrons. The van der Waals surface area contributed by atoms with Gasteiger partial charge in [0.25, 0.3) is 11.8 Å². The minimum Gasteiger partial charge on any atom is -0.408 e. The second kappa shape index (κ2) is 7.46. The molecule has 1 heterocycles. The topological polar surface area (TPSA) is 46.6 Å². The van der Waals surface area contributed by atoms with Gasteiger partial charge in [-0.1, -0.05) is 45.0 Å². The van der Waals surface area contributed by atoms with E-state index in [1.807, 2.05) is 20.8 Å². The maximum Gasteiger partial charge on any atom is 0.261 e. The number of amides is 2. The number of carbonyl (C=O) groups is 2. The minimum atomic E-state index is -1.07. The van der Waals surface area contributed by atoms with Gasteiger partial charge in [0.05, 0.1) is 23.3 Å². The van der Waals surface area contributed by atoms with Crippen LogP contribution in [-0.4, -0.2) is 26.5 Å². The summed E-state index contributed by atoms with van der Waals surface area (Å²) in [4.78, 5) is 25.9. The molecule has 2 aromatic rings. The van der Waals surface area contributed by atoms with Crippen molar-refractivity contribution in [2.45, 2.75) is 51.8 Å². The number of imide groups is 1. The predicted octanol–water partition coefficient (Wildman–Crippen LogP) is 4.85. The first-order valence-corrected chi connectivity index (χ1v) is 10.2. The number of nitrogens with zero attached hydrogens (tertiary/aromatic N) is 1. The highest BCUT2D eigenvalue weighted by Gasteiger charge is 2.36. The van der Waals surface area contributed by atoms with E-state index >= 15 is 0 Å². The average molecular weight is 416 g/mol. The molecule has 29 heavy (non-hydrogen) atoms. The Labute approximate surface area is 171 Å². The fourth-order valence-electron chi connectivity index (χ4n) is 3.07. The summed E-state index contributed by atoms with van der Waals surface area (Å²) >= 11 is 0. The standard InChI is InChI=1S/C22H23F2NO3Si/c1-21(2,3)29-28-22(4,5)16-11-10-13(17(23)18(16)24)12-25-19(26)14-8-6-7-9-15(14)20(25)27/h6-11H,12H2,1-5H3. The number of fused-ring (bicyclic) bond motifs is 1. The van der Waals surface area contributed by atoms with Gasteiger partial charge >= 0.3 is 0 Å². The van der Waals surface area contributed by atoms with Crippen molar-refractivity contribution in [2.75, 3.05) is 0 Å². The van der Waals surface area contributed by atoms with Gasteiger partial charge in [-0.2, -0.15) is 0 Å². The summed E-state index contributed by atoms with van der Waals surface area (Å²) in [5, 5.41) is -0.0995. The highest BCUT2D eigenvalue weighted by Crippen LogP contribution is 2.33. The van der Waals surface area contributed by atoms with Crippen LogP contribution in [0.15, 0.2) is 36.4 Å². The van der Waals surface area contributed by atoms with Crippen molar-refractivity contribution in [1.29, 1.82) is 0 Å². The van der Waals surface area contributed by atoms with E-state index in [9.17, 15) is 18.4 Å². The van der Waals surface area contributed by atoms with Gasteiger partial charge in [0.15, 0.2) is 11.6 Å². The van der Waals surface area contributed by atoms with Gasteiger partial charge in [-0.15, -0.1) is 0 Å². The summed E-state index contributed by atoms with van der Waals surface area (Å²) < 4.78 is 35.6. The van der Waals surface area contributed by atoms with E-state index in [4.69, 9.17) is 4.43 Å². The first-order chi connectivity index (χ1) is 13.4. The first-order valence-electron chi connectivity index (χ1n) is 9.30. The highest BCUT2D eigenvalue weighted by atomic mass is 28.2. The lowest BCUT2D eigenvalue weighted by Gasteiger charge is -2.30. The van der Waals surface area contributed by atoms with E-state index in [1.165, 1.54) is 12.1 Å². The number of hydrogen-bond acceptors (Lipinski definition) is 3. The SMILES string of the molecule is CC(C)(C)[Si]OC(C)(C)c1ccc(CN2C(=O)c3ccccc3C2=O)c(F)c1F. The third-order valence-electron chi connectivity index (χ3n) is 4.63. The van der Waals surface area contributed by atoms with Gasteiger partial charge in [-0.05, 0) is 31.0 Å². The summed E-state index contributed by atoms with van der Waals surface area (Å²) in [6, 6.07) is 9.27. The van der Waals surface area contributed by atoms with Crippen molar-refractivity contribution in [1.82, 2.24) is 4.90 Å². The minimum absolute atomic E-state index is 0.0603. The van der Waals surface area contributed by atoms with Crippen LogP contribution in [0.3, 0.4) is 0 Å². The Kier molecular flexibility index (Phi) is 5.49. The molecular weight excluding hydrogens is 392 g/mol. The Morgan fingerprint density at radius 1 is 0.897 bits per heavy atom. The normalized spacial score (nSPS) is 14.5. The Hall–Kier alpha value is -2.38. The molecule has 0 fully saturated rings. The van der Waals surface area contributed by atoms with Gasteiger partial charge < -0.3 is 4.43 Å². The van der Waals surface area contributed by atoms with Crippen LogP contribution in [-0.2, 0) is 16.6 Å². The second-order valence-corrected chi connectivity index (χ2v) is 10.5. The van der Waals surface area contributed by atoms with Gasteiger partial charge in [0, 0.05) is 11.1 Å². The Morgan fingerprint density at radius 3 is 1.97 bits per heavy atom. The van der Waals surface area contributed by atoms with E-state index in [0.29, 0.717) is 0 Å². The lowest BCUT2D eigenvalue weighted by Crippen LogP contribution is -2.31. The van der Waals surface area contributed by atoms with Crippen LogP contribution in [0.5, 0.6) is 0 Å². The van der Waals surface area contributed by atoms with Gasteiger partial charge in [-0.3, -0.25) is 14.5 Å². The van der Waals surface area contributed by atoms with Gasteiger partial charge in [0.2, 0.25) is 9.76 Å². The van der Waals surface area contributed by atoms with Gasteiger partial charge in [-0.25, -0.2) is 8.78 Å². The summed E-state index contributed by atoms with van der Waals surface area (Å²) in [6.45, 7) is 9.05. The van der Waals surface area contributed by atoms with Crippen LogP contribution in [0, 0.1) is 11.6 Å². The first kappa shape index (κ1) is 21.3. The fraction of sp³-hybridized carbons (Fsp3) is 0.364. The zero-order chi connectivity index (χ0) is 21.6. The molecule has 0 atom stereocenters. The van der Waals surface area contributed by atoms with Crippen molar-refractivity contribution >= 4 is 21.6 Å². The van der Waals surface area contributed by atoms with Crippen LogP contribution in [0.1, 0.15) is 66.5 Å². The second-order valence-electron chi connectivity index (χ2n) is 8.61. The third-order valence-corrected chi connectivity index (χ3v) is 5.85. The fourth-order valence-corrected chi connectivity index (χ4v) is 3.74. The number of rotatable bonds is 5. The molecule has 1 aliphatic rings.